The van der Waals surface area contributed by atoms with Crippen LogP contribution >= 0.6 is 0 Å². The van der Waals surface area contributed by atoms with Crippen molar-refractivity contribution in [1.82, 2.24) is 5.32 Å². The second-order valence-electron chi connectivity index (χ2n) is 3.35. The summed E-state index contributed by atoms with van der Waals surface area (Å²) in [5.74, 6) is 1.02. The van der Waals surface area contributed by atoms with Crippen LogP contribution in [0.15, 0.2) is 0 Å². The molecule has 0 bridgehead atoms. The molecule has 1 fully saturated rings. The molecule has 60 valence electrons. The lowest BCUT2D eigenvalue weighted by Crippen LogP contribution is -2.27. The SMILES string of the molecule is CCCCNCC1CCC1. The molecule has 0 heterocycles. The fourth-order valence-electron chi connectivity index (χ4n) is 1.30. The number of hydrogen-bond acceptors (Lipinski definition) is 1. The fourth-order valence-corrected chi connectivity index (χ4v) is 1.30. The van der Waals surface area contributed by atoms with E-state index >= 15 is 0 Å². The van der Waals surface area contributed by atoms with Gasteiger partial charge in [0.15, 0.2) is 0 Å². The van der Waals surface area contributed by atoms with E-state index in [2.05, 4.69) is 12.2 Å². The minimum Gasteiger partial charge on any atom is -0.316 e. The first-order valence-corrected chi connectivity index (χ1v) is 4.64. The van der Waals surface area contributed by atoms with E-state index in [0.717, 1.165) is 5.92 Å². The second kappa shape index (κ2) is 4.73. The minimum absolute atomic E-state index is 1.02. The maximum atomic E-state index is 3.49. The smallest absolute Gasteiger partial charge is 0.00205 e. The van der Waals surface area contributed by atoms with Gasteiger partial charge in [0.2, 0.25) is 0 Å². The Morgan fingerprint density at radius 3 is 2.70 bits per heavy atom. The summed E-state index contributed by atoms with van der Waals surface area (Å²) in [4.78, 5) is 0. The van der Waals surface area contributed by atoms with Crippen molar-refractivity contribution in [3.8, 4) is 0 Å². The average molecular weight is 141 g/mol. The number of hydrogen-bond donors (Lipinski definition) is 1. The van der Waals surface area contributed by atoms with Gasteiger partial charge >= 0.3 is 0 Å². The Morgan fingerprint density at radius 1 is 1.40 bits per heavy atom. The first-order valence-electron chi connectivity index (χ1n) is 4.64. The van der Waals surface area contributed by atoms with Gasteiger partial charge < -0.3 is 5.32 Å². The largest absolute Gasteiger partial charge is 0.316 e. The molecular weight excluding hydrogens is 122 g/mol. The Morgan fingerprint density at radius 2 is 2.20 bits per heavy atom. The zero-order valence-electron chi connectivity index (χ0n) is 7.03. The van der Waals surface area contributed by atoms with E-state index < -0.39 is 0 Å². The topological polar surface area (TPSA) is 12.0 Å². The molecule has 1 nitrogen and oxygen atoms in total. The van der Waals surface area contributed by atoms with Gasteiger partial charge in [0.25, 0.3) is 0 Å². The summed E-state index contributed by atoms with van der Waals surface area (Å²) in [6.07, 6.45) is 7.07. The molecule has 0 aromatic rings. The molecule has 0 unspecified atom stereocenters. The third-order valence-electron chi connectivity index (χ3n) is 2.36. The van der Waals surface area contributed by atoms with Gasteiger partial charge in [-0.25, -0.2) is 0 Å². The predicted octanol–water partition coefficient (Wildman–Crippen LogP) is 2.18. The molecule has 1 aliphatic rings. The highest BCUT2D eigenvalue weighted by Gasteiger charge is 2.15. The molecule has 0 amide bonds. The quantitative estimate of drug-likeness (QED) is 0.579. The Bertz CT molecular complexity index is 76.8. The number of unbranched alkanes of at least 4 members (excludes halogenated alkanes) is 1. The van der Waals surface area contributed by atoms with Crippen molar-refractivity contribution in [3.05, 3.63) is 0 Å². The van der Waals surface area contributed by atoms with Gasteiger partial charge in [0.1, 0.15) is 0 Å². The highest BCUT2D eigenvalue weighted by Crippen LogP contribution is 2.24. The minimum atomic E-state index is 1.02. The van der Waals surface area contributed by atoms with Crippen LogP contribution in [0.2, 0.25) is 0 Å². The fraction of sp³-hybridized carbons (Fsp3) is 1.00. The molecule has 1 rings (SSSR count). The van der Waals surface area contributed by atoms with Crippen LogP contribution in [0.5, 0.6) is 0 Å². The monoisotopic (exact) mass is 141 g/mol. The lowest BCUT2D eigenvalue weighted by atomic mass is 9.85. The normalized spacial score (nSPS) is 18.9. The molecule has 1 heteroatoms. The van der Waals surface area contributed by atoms with Crippen LogP contribution in [0.1, 0.15) is 39.0 Å². The summed E-state index contributed by atoms with van der Waals surface area (Å²) in [7, 11) is 0. The Labute approximate surface area is 64.2 Å². The molecule has 0 aliphatic heterocycles. The zero-order chi connectivity index (χ0) is 7.23. The summed E-state index contributed by atoms with van der Waals surface area (Å²) >= 11 is 0. The Kier molecular flexibility index (Phi) is 3.81. The summed E-state index contributed by atoms with van der Waals surface area (Å²) in [6.45, 7) is 4.75. The lowest BCUT2D eigenvalue weighted by molar-refractivity contribution is 0.301. The van der Waals surface area contributed by atoms with Crippen LogP contribution in [-0.4, -0.2) is 13.1 Å². The summed E-state index contributed by atoms with van der Waals surface area (Å²) in [5.41, 5.74) is 0. The highest BCUT2D eigenvalue weighted by molar-refractivity contribution is 4.71. The second-order valence-corrected chi connectivity index (χ2v) is 3.35. The molecule has 1 N–H and O–H groups in total. The zero-order valence-corrected chi connectivity index (χ0v) is 7.03. The van der Waals surface area contributed by atoms with Gasteiger partial charge in [-0.15, -0.1) is 0 Å². The molecule has 1 saturated carbocycles. The van der Waals surface area contributed by atoms with Crippen LogP contribution in [0.25, 0.3) is 0 Å². The van der Waals surface area contributed by atoms with Crippen LogP contribution in [0, 0.1) is 5.92 Å². The molecule has 0 aromatic heterocycles. The van der Waals surface area contributed by atoms with Gasteiger partial charge in [0.05, 0.1) is 0 Å². The van der Waals surface area contributed by atoms with E-state index in [9.17, 15) is 0 Å². The van der Waals surface area contributed by atoms with Crippen molar-refractivity contribution < 1.29 is 0 Å². The number of nitrogens with one attached hydrogen (secondary N) is 1. The standard InChI is InChI=1S/C9H19N/c1-2-3-7-10-8-9-5-4-6-9/h9-10H,2-8H2,1H3. The van der Waals surface area contributed by atoms with Gasteiger partial charge in [-0.3, -0.25) is 0 Å². The molecule has 0 aromatic carbocycles. The molecule has 0 spiro atoms. The highest BCUT2D eigenvalue weighted by atomic mass is 14.9. The van der Waals surface area contributed by atoms with Crippen molar-refractivity contribution in [2.45, 2.75) is 39.0 Å². The first kappa shape index (κ1) is 8.06. The van der Waals surface area contributed by atoms with Crippen molar-refractivity contribution in [1.29, 1.82) is 0 Å². The van der Waals surface area contributed by atoms with Gasteiger partial charge in [-0.1, -0.05) is 19.8 Å². The van der Waals surface area contributed by atoms with Crippen LogP contribution in [-0.2, 0) is 0 Å². The van der Waals surface area contributed by atoms with E-state index in [-0.39, 0.29) is 0 Å². The van der Waals surface area contributed by atoms with Crippen LogP contribution in [0.3, 0.4) is 0 Å². The van der Waals surface area contributed by atoms with E-state index in [4.69, 9.17) is 0 Å². The lowest BCUT2D eigenvalue weighted by Gasteiger charge is -2.25. The van der Waals surface area contributed by atoms with E-state index in [1.165, 1.54) is 45.2 Å². The van der Waals surface area contributed by atoms with E-state index in [0.29, 0.717) is 0 Å². The van der Waals surface area contributed by atoms with Gasteiger partial charge in [-0.2, -0.15) is 0 Å². The van der Waals surface area contributed by atoms with Crippen molar-refractivity contribution in [2.75, 3.05) is 13.1 Å². The Hall–Kier alpha value is -0.0400. The summed E-state index contributed by atoms with van der Waals surface area (Å²) < 4.78 is 0. The summed E-state index contributed by atoms with van der Waals surface area (Å²) in [5, 5.41) is 3.49. The van der Waals surface area contributed by atoms with Gasteiger partial charge in [-0.05, 0) is 38.3 Å². The molecule has 0 atom stereocenters. The molecular formula is C9H19N. The van der Waals surface area contributed by atoms with Crippen molar-refractivity contribution >= 4 is 0 Å². The molecule has 0 saturated heterocycles. The Balaban J connectivity index is 1.76. The first-order chi connectivity index (χ1) is 4.93. The number of rotatable bonds is 5. The average Bonchev–Trinajstić information content (AvgIpc) is 1.84. The van der Waals surface area contributed by atoms with Gasteiger partial charge in [0, 0.05) is 0 Å². The maximum Gasteiger partial charge on any atom is -0.00205 e. The molecule has 1 aliphatic carbocycles. The summed E-state index contributed by atoms with van der Waals surface area (Å²) in [6, 6.07) is 0. The maximum absolute atomic E-state index is 3.49. The van der Waals surface area contributed by atoms with Crippen molar-refractivity contribution in [2.24, 2.45) is 5.92 Å². The van der Waals surface area contributed by atoms with Crippen molar-refractivity contribution in [3.63, 3.8) is 0 Å². The molecule has 0 radical (unpaired) electrons. The predicted molar refractivity (Wildman–Crippen MR) is 45.1 cm³/mol. The van der Waals surface area contributed by atoms with Crippen LogP contribution < -0.4 is 5.32 Å². The third kappa shape index (κ3) is 2.70. The van der Waals surface area contributed by atoms with E-state index in [1.807, 2.05) is 0 Å². The molecule has 10 heavy (non-hydrogen) atoms. The van der Waals surface area contributed by atoms with Crippen LogP contribution in [0.4, 0.5) is 0 Å². The third-order valence-corrected chi connectivity index (χ3v) is 2.36. The van der Waals surface area contributed by atoms with E-state index in [1.54, 1.807) is 0 Å².